The number of benzene rings is 1. The number of fused-ring (bicyclic) bond motifs is 2. The van der Waals surface area contributed by atoms with Crippen LogP contribution in [0.3, 0.4) is 0 Å². The molecule has 1 aromatic carbocycles. The second-order valence-electron chi connectivity index (χ2n) is 11.4. The zero-order valence-electron chi connectivity index (χ0n) is 22.7. The van der Waals surface area contributed by atoms with E-state index in [9.17, 15) is 4.79 Å². The van der Waals surface area contributed by atoms with E-state index in [1.807, 2.05) is 38.1 Å². The van der Waals surface area contributed by atoms with Crippen molar-refractivity contribution in [1.82, 2.24) is 19.8 Å². The van der Waals surface area contributed by atoms with Crippen molar-refractivity contribution in [3.8, 4) is 0 Å². The Balaban J connectivity index is 1.40. The van der Waals surface area contributed by atoms with Crippen molar-refractivity contribution in [2.24, 2.45) is 23.5 Å². The lowest BCUT2D eigenvalue weighted by Gasteiger charge is -2.43. The van der Waals surface area contributed by atoms with Crippen LogP contribution >= 0.6 is 0 Å². The lowest BCUT2D eigenvalue weighted by Crippen LogP contribution is -2.44. The molecule has 4 rings (SSSR count). The van der Waals surface area contributed by atoms with Gasteiger partial charge in [-0.3, -0.25) is 14.6 Å². The van der Waals surface area contributed by atoms with Gasteiger partial charge < -0.3 is 11.1 Å². The van der Waals surface area contributed by atoms with E-state index in [0.29, 0.717) is 12.4 Å². The number of amides is 1. The first kappa shape index (κ1) is 26.8. The van der Waals surface area contributed by atoms with Gasteiger partial charge in [0.2, 0.25) is 5.91 Å². The third-order valence-corrected chi connectivity index (χ3v) is 8.53. The minimum Gasteiger partial charge on any atom is -0.368 e. The van der Waals surface area contributed by atoms with Gasteiger partial charge in [-0.1, -0.05) is 58.6 Å². The summed E-state index contributed by atoms with van der Waals surface area (Å²) in [5.74, 6) is 3.09. The Morgan fingerprint density at radius 1 is 1.08 bits per heavy atom. The highest BCUT2D eigenvalue weighted by Gasteiger charge is 2.34. The number of aromatic nitrogens is 2. The van der Waals surface area contributed by atoms with E-state index >= 15 is 0 Å². The van der Waals surface area contributed by atoms with Gasteiger partial charge in [0.15, 0.2) is 0 Å². The number of nitrogens with two attached hydrogens (primary N) is 1. The van der Waals surface area contributed by atoms with Crippen LogP contribution in [0.15, 0.2) is 24.3 Å². The Hall–Kier alpha value is -2.25. The maximum absolute atomic E-state index is 12.0. The molecule has 1 aromatic heterocycles. The Bertz CT molecular complexity index is 1010. The highest BCUT2D eigenvalue weighted by molar-refractivity contribution is 5.91. The number of carbonyl (C=O) groups excluding carboxylic acids is 1. The van der Waals surface area contributed by atoms with Crippen LogP contribution in [0.5, 0.6) is 0 Å². The van der Waals surface area contributed by atoms with Crippen LogP contribution in [-0.2, 0) is 11.3 Å². The number of likely N-dealkylation sites (N-methyl/N-ethyl adjacent to an activating group) is 2. The Morgan fingerprint density at radius 2 is 1.83 bits per heavy atom. The van der Waals surface area contributed by atoms with E-state index in [-0.39, 0.29) is 11.8 Å². The number of carbonyl (C=O) groups is 1. The van der Waals surface area contributed by atoms with Gasteiger partial charge in [0.1, 0.15) is 17.7 Å². The summed E-state index contributed by atoms with van der Waals surface area (Å²) in [4.78, 5) is 26.7. The predicted octanol–water partition coefficient (Wildman–Crippen LogP) is 4.66. The second kappa shape index (κ2) is 12.3. The molecule has 2 saturated carbocycles. The summed E-state index contributed by atoms with van der Waals surface area (Å²) in [5, 5.41) is 4.22. The fraction of sp³-hybridized carbons (Fsp3) is 0.690. The molecule has 2 aliphatic rings. The fourth-order valence-electron chi connectivity index (χ4n) is 6.42. The maximum Gasteiger partial charge on any atom is 0.240 e. The molecule has 3 unspecified atom stereocenters. The van der Waals surface area contributed by atoms with Crippen molar-refractivity contribution in [2.45, 2.75) is 84.3 Å². The largest absolute Gasteiger partial charge is 0.368 e. The molecule has 7 heteroatoms. The van der Waals surface area contributed by atoms with Crippen LogP contribution in [0.4, 0.5) is 5.82 Å². The first-order valence-electron chi connectivity index (χ1n) is 14.1. The van der Waals surface area contributed by atoms with Crippen molar-refractivity contribution < 1.29 is 4.79 Å². The molecule has 2 aromatic rings. The summed E-state index contributed by atoms with van der Waals surface area (Å²) in [6.45, 7) is 10.1. The number of nitrogens with one attached hydrogen (secondary N) is 1. The molecule has 36 heavy (non-hydrogen) atoms. The number of hydrogen-bond donors (Lipinski definition) is 2. The predicted molar refractivity (Wildman–Crippen MR) is 148 cm³/mol. The van der Waals surface area contributed by atoms with Crippen LogP contribution in [0.2, 0.25) is 0 Å². The van der Waals surface area contributed by atoms with Crippen molar-refractivity contribution in [3.05, 3.63) is 30.1 Å². The molecule has 0 aliphatic heterocycles. The molecule has 1 heterocycles. The van der Waals surface area contributed by atoms with Crippen LogP contribution in [0.25, 0.3) is 10.9 Å². The van der Waals surface area contributed by atoms with Gasteiger partial charge >= 0.3 is 0 Å². The average Bonchev–Trinajstić information content (AvgIpc) is 2.87. The quantitative estimate of drug-likeness (QED) is 0.472. The van der Waals surface area contributed by atoms with E-state index in [1.54, 1.807) is 0 Å². The molecular formula is C29H46N6O. The van der Waals surface area contributed by atoms with Gasteiger partial charge in [0, 0.05) is 24.5 Å². The van der Waals surface area contributed by atoms with E-state index < -0.39 is 6.04 Å². The van der Waals surface area contributed by atoms with E-state index in [4.69, 9.17) is 15.7 Å². The number of nitrogens with zero attached hydrogens (tertiary/aromatic N) is 4. The summed E-state index contributed by atoms with van der Waals surface area (Å²) in [6.07, 6.45) is 9.96. The minimum absolute atomic E-state index is 0.0612. The molecule has 7 nitrogen and oxygen atoms in total. The third kappa shape index (κ3) is 6.54. The summed E-state index contributed by atoms with van der Waals surface area (Å²) < 4.78 is 0. The average molecular weight is 495 g/mol. The van der Waals surface area contributed by atoms with Gasteiger partial charge in [-0.25, -0.2) is 9.97 Å². The zero-order valence-corrected chi connectivity index (χ0v) is 22.7. The highest BCUT2D eigenvalue weighted by Crippen LogP contribution is 2.41. The standard InChI is InChI=1S/C29H46N6O/c1-5-35(23-15-14-21-10-6-7-11-22(21)18-23)17-16-34(4)19-26-31-25-13-9-8-12-24(25)29(32-26)33-27(20(2)3)28(30)36/h8-9,12-13,20-23,27H,5-7,10-11,14-19H2,1-4H3,(H2,30,36)(H,31,32,33)/t21?,22?,23?,27-/m0/s1. The highest BCUT2D eigenvalue weighted by atomic mass is 16.1. The first-order chi connectivity index (χ1) is 17.4. The summed E-state index contributed by atoms with van der Waals surface area (Å²) in [7, 11) is 2.15. The lowest BCUT2D eigenvalue weighted by atomic mass is 9.69. The number of anilines is 1. The topological polar surface area (TPSA) is 87.4 Å². The van der Waals surface area contributed by atoms with E-state index in [2.05, 4.69) is 29.1 Å². The molecule has 0 saturated heterocycles. The SMILES string of the molecule is CCN(CCN(C)Cc1nc(N[C@H](C(N)=O)C(C)C)c2ccccc2n1)C1CCC2CCCCC2C1. The number of primary amides is 1. The van der Waals surface area contributed by atoms with Crippen molar-refractivity contribution in [3.63, 3.8) is 0 Å². The van der Waals surface area contributed by atoms with Crippen LogP contribution < -0.4 is 11.1 Å². The first-order valence-corrected chi connectivity index (χ1v) is 14.1. The fourth-order valence-corrected chi connectivity index (χ4v) is 6.42. The molecule has 2 aliphatic carbocycles. The van der Waals surface area contributed by atoms with Crippen molar-refractivity contribution >= 4 is 22.6 Å². The van der Waals surface area contributed by atoms with Gasteiger partial charge in [0.05, 0.1) is 12.1 Å². The van der Waals surface area contributed by atoms with Gasteiger partial charge in [0.25, 0.3) is 0 Å². The minimum atomic E-state index is -0.480. The number of rotatable bonds is 11. The molecule has 1 amide bonds. The van der Waals surface area contributed by atoms with Gasteiger partial charge in [-0.05, 0) is 62.7 Å². The lowest BCUT2D eigenvalue weighted by molar-refractivity contribution is -0.119. The summed E-state index contributed by atoms with van der Waals surface area (Å²) in [6, 6.07) is 8.20. The number of hydrogen-bond acceptors (Lipinski definition) is 6. The second-order valence-corrected chi connectivity index (χ2v) is 11.4. The maximum atomic E-state index is 12.0. The van der Waals surface area contributed by atoms with Crippen molar-refractivity contribution in [2.75, 3.05) is 32.0 Å². The molecule has 0 bridgehead atoms. The van der Waals surface area contributed by atoms with Gasteiger partial charge in [-0.15, -0.1) is 0 Å². The van der Waals surface area contributed by atoms with Crippen LogP contribution in [0, 0.1) is 17.8 Å². The molecule has 2 fully saturated rings. The number of para-hydroxylation sites is 1. The smallest absolute Gasteiger partial charge is 0.240 e. The van der Waals surface area contributed by atoms with Crippen molar-refractivity contribution in [1.29, 1.82) is 0 Å². The van der Waals surface area contributed by atoms with Crippen LogP contribution in [-0.4, -0.2) is 64.4 Å². The molecule has 4 atom stereocenters. The summed E-state index contributed by atoms with van der Waals surface area (Å²) in [5.41, 5.74) is 6.55. The third-order valence-electron chi connectivity index (χ3n) is 8.53. The molecule has 3 N–H and O–H groups in total. The Labute approximate surface area is 217 Å². The summed E-state index contributed by atoms with van der Waals surface area (Å²) >= 11 is 0. The molecule has 0 spiro atoms. The molecule has 198 valence electrons. The van der Waals surface area contributed by atoms with E-state index in [0.717, 1.165) is 54.2 Å². The Kier molecular flexibility index (Phi) is 9.18. The normalized spacial score (nSPS) is 23.2. The monoisotopic (exact) mass is 494 g/mol. The molecule has 0 radical (unpaired) electrons. The Morgan fingerprint density at radius 3 is 2.56 bits per heavy atom. The van der Waals surface area contributed by atoms with E-state index in [1.165, 1.54) is 44.9 Å². The zero-order chi connectivity index (χ0) is 25.7. The van der Waals surface area contributed by atoms with Crippen LogP contribution in [0.1, 0.15) is 71.5 Å². The molecular weight excluding hydrogens is 448 g/mol. The van der Waals surface area contributed by atoms with Gasteiger partial charge in [-0.2, -0.15) is 0 Å².